The van der Waals surface area contributed by atoms with Crippen molar-refractivity contribution in [1.82, 2.24) is 4.98 Å². The lowest BCUT2D eigenvalue weighted by molar-refractivity contribution is 0.185. The van der Waals surface area contributed by atoms with E-state index in [4.69, 9.17) is 0 Å². The van der Waals surface area contributed by atoms with Gasteiger partial charge in [0, 0.05) is 17.8 Å². The van der Waals surface area contributed by atoms with Gasteiger partial charge in [-0.2, -0.15) is 0 Å². The maximum atomic E-state index is 9.27. The van der Waals surface area contributed by atoms with E-state index < -0.39 is 0 Å². The van der Waals surface area contributed by atoms with Gasteiger partial charge in [0.1, 0.15) is 0 Å². The average molecular weight is 201 g/mol. The predicted molar refractivity (Wildman–Crippen MR) is 61.7 cm³/mol. The molecule has 0 bridgehead atoms. The van der Waals surface area contributed by atoms with Crippen molar-refractivity contribution in [2.45, 2.75) is 25.9 Å². The number of hydrogen-bond acceptors (Lipinski definition) is 2. The Kier molecular flexibility index (Phi) is 2.97. The molecule has 0 spiro atoms. The van der Waals surface area contributed by atoms with Gasteiger partial charge < -0.3 is 5.11 Å². The summed E-state index contributed by atoms with van der Waals surface area (Å²) in [5.41, 5.74) is 1.22. The molecule has 1 aromatic heterocycles. The van der Waals surface area contributed by atoms with Crippen LogP contribution in [0.4, 0.5) is 0 Å². The number of aliphatic hydroxyl groups excluding tert-OH is 1. The summed E-state index contributed by atoms with van der Waals surface area (Å²) in [7, 11) is 0. The normalized spacial score (nSPS) is 12.9. The van der Waals surface area contributed by atoms with E-state index in [9.17, 15) is 5.11 Å². The molecule has 0 radical (unpaired) electrons. The molecule has 0 fully saturated rings. The summed E-state index contributed by atoms with van der Waals surface area (Å²) in [6.07, 6.45) is 5.19. The number of aryl methyl sites for hydroxylation is 1. The topological polar surface area (TPSA) is 33.1 Å². The molecule has 0 saturated carbocycles. The summed E-state index contributed by atoms with van der Waals surface area (Å²) in [6, 6.07) is 8.22. The molecular formula is C13H15NO. The maximum absolute atomic E-state index is 9.27. The fourth-order valence-corrected chi connectivity index (χ4v) is 1.74. The molecule has 1 atom stereocenters. The van der Waals surface area contributed by atoms with Crippen LogP contribution in [-0.2, 0) is 6.42 Å². The van der Waals surface area contributed by atoms with Crippen molar-refractivity contribution < 1.29 is 5.11 Å². The summed E-state index contributed by atoms with van der Waals surface area (Å²) in [6.45, 7) is 1.82. The number of fused-ring (bicyclic) bond motifs is 1. The highest BCUT2D eigenvalue weighted by Crippen LogP contribution is 2.18. The fourth-order valence-electron chi connectivity index (χ4n) is 1.74. The summed E-state index contributed by atoms with van der Waals surface area (Å²) >= 11 is 0. The van der Waals surface area contributed by atoms with Crippen molar-refractivity contribution in [3.63, 3.8) is 0 Å². The average Bonchev–Trinajstić information content (AvgIpc) is 2.26. The molecule has 0 aliphatic rings. The van der Waals surface area contributed by atoms with Gasteiger partial charge in [0.25, 0.3) is 0 Å². The van der Waals surface area contributed by atoms with Gasteiger partial charge >= 0.3 is 0 Å². The van der Waals surface area contributed by atoms with Gasteiger partial charge in [0.15, 0.2) is 0 Å². The number of aliphatic hydroxyl groups is 1. The van der Waals surface area contributed by atoms with Gasteiger partial charge in [-0.05, 0) is 30.7 Å². The fraction of sp³-hybridized carbons (Fsp3) is 0.308. The minimum Gasteiger partial charge on any atom is -0.393 e. The maximum Gasteiger partial charge on any atom is 0.0515 e. The third-order valence-electron chi connectivity index (χ3n) is 2.58. The zero-order chi connectivity index (χ0) is 10.7. The van der Waals surface area contributed by atoms with Crippen LogP contribution >= 0.6 is 0 Å². The largest absolute Gasteiger partial charge is 0.393 e. The van der Waals surface area contributed by atoms with Crippen molar-refractivity contribution in [2.75, 3.05) is 0 Å². The molecule has 1 aromatic carbocycles. The number of benzene rings is 1. The summed E-state index contributed by atoms with van der Waals surface area (Å²) in [5.74, 6) is 0. The Labute approximate surface area is 89.6 Å². The molecule has 15 heavy (non-hydrogen) atoms. The Hall–Kier alpha value is -1.41. The second-order valence-corrected chi connectivity index (χ2v) is 3.91. The van der Waals surface area contributed by atoms with Crippen molar-refractivity contribution in [2.24, 2.45) is 0 Å². The molecule has 2 aromatic rings. The Morgan fingerprint density at radius 2 is 2.07 bits per heavy atom. The molecule has 1 heterocycles. The Morgan fingerprint density at radius 1 is 1.27 bits per heavy atom. The molecule has 0 aliphatic heterocycles. The number of aromatic nitrogens is 1. The smallest absolute Gasteiger partial charge is 0.0515 e. The second-order valence-electron chi connectivity index (χ2n) is 3.91. The zero-order valence-corrected chi connectivity index (χ0v) is 8.85. The predicted octanol–water partition coefficient (Wildman–Crippen LogP) is 2.55. The van der Waals surface area contributed by atoms with Crippen molar-refractivity contribution in [3.8, 4) is 0 Å². The standard InChI is InChI=1S/C13H15NO/c1-10(15)6-7-12-9-14-8-11-4-2-3-5-13(11)12/h2-5,8-10,15H,6-7H2,1H3. The van der Waals surface area contributed by atoms with Gasteiger partial charge in [-0.3, -0.25) is 4.98 Å². The minimum atomic E-state index is -0.246. The van der Waals surface area contributed by atoms with E-state index in [0.29, 0.717) is 0 Å². The third-order valence-corrected chi connectivity index (χ3v) is 2.58. The van der Waals surface area contributed by atoms with Crippen LogP contribution in [0, 0.1) is 0 Å². The summed E-state index contributed by atoms with van der Waals surface area (Å²) < 4.78 is 0. The number of pyridine rings is 1. The first-order valence-electron chi connectivity index (χ1n) is 5.27. The molecule has 2 heteroatoms. The first-order chi connectivity index (χ1) is 7.27. The van der Waals surface area contributed by atoms with E-state index in [1.165, 1.54) is 16.3 Å². The van der Waals surface area contributed by atoms with Crippen molar-refractivity contribution >= 4 is 10.8 Å². The molecule has 2 nitrogen and oxygen atoms in total. The van der Waals surface area contributed by atoms with Crippen LogP contribution in [0.15, 0.2) is 36.7 Å². The van der Waals surface area contributed by atoms with Crippen molar-refractivity contribution in [1.29, 1.82) is 0 Å². The quantitative estimate of drug-likeness (QED) is 0.827. The van der Waals surface area contributed by atoms with Gasteiger partial charge in [0.05, 0.1) is 6.10 Å². The van der Waals surface area contributed by atoms with Crippen LogP contribution in [0.25, 0.3) is 10.8 Å². The van der Waals surface area contributed by atoms with Gasteiger partial charge in [-0.25, -0.2) is 0 Å². The number of rotatable bonds is 3. The Bertz CT molecular complexity index is 446. The molecule has 78 valence electrons. The molecule has 2 rings (SSSR count). The van der Waals surface area contributed by atoms with E-state index >= 15 is 0 Å². The van der Waals surface area contributed by atoms with Crippen LogP contribution in [0.2, 0.25) is 0 Å². The highest BCUT2D eigenvalue weighted by Gasteiger charge is 2.02. The van der Waals surface area contributed by atoms with Crippen LogP contribution in [-0.4, -0.2) is 16.2 Å². The van der Waals surface area contributed by atoms with Crippen LogP contribution in [0.3, 0.4) is 0 Å². The van der Waals surface area contributed by atoms with Crippen molar-refractivity contribution in [3.05, 3.63) is 42.2 Å². The van der Waals surface area contributed by atoms with Gasteiger partial charge in [-0.1, -0.05) is 24.3 Å². The van der Waals surface area contributed by atoms with E-state index in [0.717, 1.165) is 12.8 Å². The number of nitrogens with zero attached hydrogens (tertiary/aromatic N) is 1. The van der Waals surface area contributed by atoms with Gasteiger partial charge in [-0.15, -0.1) is 0 Å². The molecular weight excluding hydrogens is 186 g/mol. The SMILES string of the molecule is CC(O)CCc1cncc2ccccc12. The summed E-state index contributed by atoms with van der Waals surface area (Å²) in [4.78, 5) is 4.21. The molecule has 0 aliphatic carbocycles. The van der Waals surface area contributed by atoms with Crippen LogP contribution in [0.1, 0.15) is 18.9 Å². The van der Waals surface area contributed by atoms with Gasteiger partial charge in [0.2, 0.25) is 0 Å². The molecule has 0 saturated heterocycles. The van der Waals surface area contributed by atoms with E-state index in [1.807, 2.05) is 31.5 Å². The minimum absolute atomic E-state index is 0.246. The van der Waals surface area contributed by atoms with Crippen LogP contribution in [0.5, 0.6) is 0 Å². The second kappa shape index (κ2) is 4.41. The lowest BCUT2D eigenvalue weighted by Gasteiger charge is -2.07. The monoisotopic (exact) mass is 201 g/mol. The Morgan fingerprint density at radius 3 is 2.87 bits per heavy atom. The lowest BCUT2D eigenvalue weighted by atomic mass is 10.0. The molecule has 1 unspecified atom stereocenters. The lowest BCUT2D eigenvalue weighted by Crippen LogP contribution is -2.01. The van der Waals surface area contributed by atoms with E-state index in [2.05, 4.69) is 17.1 Å². The molecule has 0 amide bonds. The van der Waals surface area contributed by atoms with Crippen LogP contribution < -0.4 is 0 Å². The Balaban J connectivity index is 2.34. The van der Waals surface area contributed by atoms with E-state index in [-0.39, 0.29) is 6.10 Å². The summed E-state index contributed by atoms with van der Waals surface area (Å²) in [5, 5.41) is 11.7. The highest BCUT2D eigenvalue weighted by atomic mass is 16.3. The molecule has 1 N–H and O–H groups in total. The highest BCUT2D eigenvalue weighted by molar-refractivity contribution is 5.84. The van der Waals surface area contributed by atoms with E-state index in [1.54, 1.807) is 0 Å². The third kappa shape index (κ3) is 2.34. The first-order valence-corrected chi connectivity index (χ1v) is 5.27. The first kappa shape index (κ1) is 10.1. The zero-order valence-electron chi connectivity index (χ0n) is 8.85. The number of hydrogen-bond donors (Lipinski definition) is 1.